The van der Waals surface area contributed by atoms with Crippen molar-refractivity contribution in [2.75, 3.05) is 7.05 Å². The van der Waals surface area contributed by atoms with Gasteiger partial charge in [0.1, 0.15) is 5.82 Å². The molecule has 0 radical (unpaired) electrons. The number of H-pyrrole nitrogens is 1. The fraction of sp³-hybridized carbons (Fsp3) is 0.500. The van der Waals surface area contributed by atoms with Crippen LogP contribution in [0.3, 0.4) is 0 Å². The molecular formula is C14H22N4. The Bertz CT molecular complexity index is 427. The summed E-state index contributed by atoms with van der Waals surface area (Å²) in [5, 5.41) is 0. The zero-order valence-electron chi connectivity index (χ0n) is 11.0. The van der Waals surface area contributed by atoms with Crippen LogP contribution in [0, 0.1) is 0 Å². The molecule has 1 fully saturated rings. The smallest absolute Gasteiger partial charge is 0.141 e. The predicted octanol–water partition coefficient (Wildman–Crippen LogP) is 2.87. The van der Waals surface area contributed by atoms with Gasteiger partial charge in [-0.25, -0.2) is 4.99 Å². The van der Waals surface area contributed by atoms with E-state index in [-0.39, 0.29) is 0 Å². The van der Waals surface area contributed by atoms with Crippen molar-refractivity contribution in [2.45, 2.75) is 38.1 Å². The van der Waals surface area contributed by atoms with Gasteiger partial charge in [0.2, 0.25) is 0 Å². The van der Waals surface area contributed by atoms with Gasteiger partial charge in [0.05, 0.1) is 6.34 Å². The van der Waals surface area contributed by atoms with E-state index in [0.717, 1.165) is 17.1 Å². The number of aromatic nitrogens is 1. The minimum absolute atomic E-state index is 0.607. The summed E-state index contributed by atoms with van der Waals surface area (Å²) in [6.45, 7) is 4.21. The van der Waals surface area contributed by atoms with Crippen LogP contribution in [-0.4, -0.2) is 29.3 Å². The number of nitrogens with one attached hydrogen (secondary N) is 1. The van der Waals surface area contributed by atoms with Crippen LogP contribution >= 0.6 is 0 Å². The number of nitrogens with zero attached hydrogens (tertiary/aromatic N) is 2. The van der Waals surface area contributed by atoms with E-state index in [0.29, 0.717) is 6.04 Å². The van der Waals surface area contributed by atoms with E-state index in [1.165, 1.54) is 38.4 Å². The highest BCUT2D eigenvalue weighted by Gasteiger charge is 2.21. The monoisotopic (exact) mass is 246 g/mol. The van der Waals surface area contributed by atoms with E-state index in [1.807, 2.05) is 12.3 Å². The summed E-state index contributed by atoms with van der Waals surface area (Å²) in [5.41, 5.74) is 7.40. The maximum absolute atomic E-state index is 5.35. The molecule has 0 unspecified atom stereocenters. The van der Waals surface area contributed by atoms with E-state index in [9.17, 15) is 0 Å². The van der Waals surface area contributed by atoms with Crippen LogP contribution in [0.15, 0.2) is 23.8 Å². The second-order valence-electron chi connectivity index (χ2n) is 4.87. The van der Waals surface area contributed by atoms with Crippen LogP contribution in [0.25, 0.3) is 5.70 Å². The molecule has 1 aliphatic rings. The van der Waals surface area contributed by atoms with Gasteiger partial charge in [0, 0.05) is 30.5 Å². The molecule has 1 aliphatic carbocycles. The van der Waals surface area contributed by atoms with E-state index < -0.39 is 0 Å². The van der Waals surface area contributed by atoms with Crippen LogP contribution in [0.4, 0.5) is 5.82 Å². The average Bonchev–Trinajstić information content (AvgIpc) is 2.87. The Labute approximate surface area is 109 Å². The van der Waals surface area contributed by atoms with Gasteiger partial charge in [0.15, 0.2) is 0 Å². The van der Waals surface area contributed by atoms with E-state index in [1.54, 1.807) is 0 Å². The van der Waals surface area contributed by atoms with Crippen molar-refractivity contribution in [2.24, 2.45) is 10.7 Å². The molecule has 4 nitrogen and oxygen atoms in total. The number of rotatable bonds is 4. The SMILES string of the molecule is C=C(c1cc[nH]c1/N=C\N)N(C)C1CCCCC1. The normalized spacial score (nSPS) is 17.2. The van der Waals surface area contributed by atoms with Crippen molar-refractivity contribution in [1.29, 1.82) is 0 Å². The van der Waals surface area contributed by atoms with Crippen LogP contribution in [-0.2, 0) is 0 Å². The van der Waals surface area contributed by atoms with E-state index in [2.05, 4.69) is 28.5 Å². The number of hydrogen-bond donors (Lipinski definition) is 2. The third kappa shape index (κ3) is 2.58. The molecule has 0 bridgehead atoms. The van der Waals surface area contributed by atoms with Gasteiger partial charge < -0.3 is 15.6 Å². The Hall–Kier alpha value is -1.71. The molecule has 0 saturated heterocycles. The number of aliphatic imine (C=N–C) groups is 1. The summed E-state index contributed by atoms with van der Waals surface area (Å²) in [6.07, 6.45) is 9.71. The van der Waals surface area contributed by atoms with Crippen molar-refractivity contribution in [3.05, 3.63) is 24.4 Å². The summed E-state index contributed by atoms with van der Waals surface area (Å²) in [4.78, 5) is 9.49. The number of aromatic amines is 1. The lowest BCUT2D eigenvalue weighted by molar-refractivity contribution is 0.267. The summed E-state index contributed by atoms with van der Waals surface area (Å²) in [5.74, 6) is 0.783. The fourth-order valence-electron chi connectivity index (χ4n) is 2.65. The van der Waals surface area contributed by atoms with Gasteiger partial charge in [-0.15, -0.1) is 0 Å². The molecule has 4 heteroatoms. The first-order valence-corrected chi connectivity index (χ1v) is 6.57. The molecule has 18 heavy (non-hydrogen) atoms. The predicted molar refractivity (Wildman–Crippen MR) is 76.8 cm³/mol. The van der Waals surface area contributed by atoms with Crippen LogP contribution in [0.2, 0.25) is 0 Å². The standard InChI is InChI=1S/C14H22N4/c1-11(13-8-9-16-14(13)17-10-15)18(2)12-6-4-3-5-7-12/h8-10,12,16H,1,3-7H2,2H3,(H2,15,17). The minimum Gasteiger partial charge on any atom is -0.390 e. The summed E-state index contributed by atoms with van der Waals surface area (Å²) < 4.78 is 0. The van der Waals surface area contributed by atoms with Crippen LogP contribution in [0.5, 0.6) is 0 Å². The second-order valence-corrected chi connectivity index (χ2v) is 4.87. The topological polar surface area (TPSA) is 57.4 Å². The third-order valence-corrected chi connectivity index (χ3v) is 3.79. The Morgan fingerprint density at radius 2 is 2.22 bits per heavy atom. The van der Waals surface area contributed by atoms with Gasteiger partial charge in [0.25, 0.3) is 0 Å². The van der Waals surface area contributed by atoms with Crippen molar-refractivity contribution < 1.29 is 0 Å². The number of nitrogens with two attached hydrogens (primary N) is 1. The molecule has 0 aromatic carbocycles. The lowest BCUT2D eigenvalue weighted by atomic mass is 9.94. The van der Waals surface area contributed by atoms with Gasteiger partial charge in [-0.05, 0) is 18.9 Å². The Kier molecular flexibility index (Phi) is 4.07. The van der Waals surface area contributed by atoms with Crippen molar-refractivity contribution in [3.63, 3.8) is 0 Å². The molecule has 1 aromatic heterocycles. The molecule has 98 valence electrons. The van der Waals surface area contributed by atoms with Crippen molar-refractivity contribution in [1.82, 2.24) is 9.88 Å². The zero-order valence-corrected chi connectivity index (χ0v) is 11.0. The first-order chi connectivity index (χ1) is 8.74. The first-order valence-electron chi connectivity index (χ1n) is 6.57. The van der Waals surface area contributed by atoms with Gasteiger partial charge >= 0.3 is 0 Å². The van der Waals surface area contributed by atoms with Crippen LogP contribution < -0.4 is 5.73 Å². The molecule has 1 heterocycles. The highest BCUT2D eigenvalue weighted by Crippen LogP contribution is 2.30. The Morgan fingerprint density at radius 3 is 2.89 bits per heavy atom. The highest BCUT2D eigenvalue weighted by molar-refractivity contribution is 5.73. The largest absolute Gasteiger partial charge is 0.390 e. The zero-order chi connectivity index (χ0) is 13.0. The lowest BCUT2D eigenvalue weighted by Crippen LogP contribution is -2.31. The molecule has 2 rings (SSSR count). The molecule has 1 saturated carbocycles. The molecule has 1 aromatic rings. The molecule has 0 amide bonds. The summed E-state index contributed by atoms with van der Waals surface area (Å²) >= 11 is 0. The molecule has 0 atom stereocenters. The molecule has 0 aliphatic heterocycles. The maximum Gasteiger partial charge on any atom is 0.141 e. The highest BCUT2D eigenvalue weighted by atomic mass is 15.1. The van der Waals surface area contributed by atoms with Crippen molar-refractivity contribution in [3.8, 4) is 0 Å². The third-order valence-electron chi connectivity index (χ3n) is 3.79. The van der Waals surface area contributed by atoms with Crippen LogP contribution in [0.1, 0.15) is 37.7 Å². The van der Waals surface area contributed by atoms with E-state index >= 15 is 0 Å². The number of hydrogen-bond acceptors (Lipinski definition) is 2. The summed E-state index contributed by atoms with van der Waals surface area (Å²) in [6, 6.07) is 2.61. The molecule has 0 spiro atoms. The average molecular weight is 246 g/mol. The quantitative estimate of drug-likeness (QED) is 0.634. The van der Waals surface area contributed by atoms with Gasteiger partial charge in [-0.1, -0.05) is 25.8 Å². The summed E-state index contributed by atoms with van der Waals surface area (Å²) in [7, 11) is 2.13. The molecular weight excluding hydrogens is 224 g/mol. The fourth-order valence-corrected chi connectivity index (χ4v) is 2.65. The van der Waals surface area contributed by atoms with E-state index in [4.69, 9.17) is 5.73 Å². The van der Waals surface area contributed by atoms with Gasteiger partial charge in [-0.3, -0.25) is 0 Å². The second kappa shape index (κ2) is 5.76. The lowest BCUT2D eigenvalue weighted by Gasteiger charge is -2.34. The van der Waals surface area contributed by atoms with Gasteiger partial charge in [-0.2, -0.15) is 0 Å². The first kappa shape index (κ1) is 12.7. The van der Waals surface area contributed by atoms with Crippen molar-refractivity contribution >= 4 is 17.9 Å². The minimum atomic E-state index is 0.607. The molecule has 3 N–H and O–H groups in total. The maximum atomic E-state index is 5.35. The Morgan fingerprint density at radius 1 is 1.50 bits per heavy atom. The Balaban J connectivity index is 2.11.